The topological polar surface area (TPSA) is 307 Å². The molecule has 0 radical (unpaired) electrons. The molecule has 2 aliphatic rings. The average molecular weight is 1240 g/mol. The van der Waals surface area contributed by atoms with Crippen LogP contribution in [0.1, 0.15) is 124 Å². The van der Waals surface area contributed by atoms with E-state index in [4.69, 9.17) is 61.1 Å². The molecule has 0 spiro atoms. The number of alkyl halides is 4. The Balaban J connectivity index is 0.000000236. The van der Waals surface area contributed by atoms with E-state index in [2.05, 4.69) is 60.3 Å². The predicted molar refractivity (Wildman–Crippen MR) is 282 cm³/mol. The number of hydrogen-bond acceptors (Lipinski definition) is 24. The zero-order chi connectivity index (χ0) is 59.5. The van der Waals surface area contributed by atoms with Crippen LogP contribution in [0.15, 0.2) is 37.4 Å². The van der Waals surface area contributed by atoms with Gasteiger partial charge in [0.15, 0.2) is 54.3 Å². The Labute approximate surface area is 479 Å². The van der Waals surface area contributed by atoms with Gasteiger partial charge >= 0.3 is 13.2 Å². The van der Waals surface area contributed by atoms with Gasteiger partial charge in [-0.1, -0.05) is 23.2 Å². The molecule has 6 aromatic heterocycles. The number of aromatic nitrogens is 14. The highest BCUT2D eigenvalue weighted by Crippen LogP contribution is 2.41. The van der Waals surface area contributed by atoms with Crippen molar-refractivity contribution in [1.82, 2.24) is 69.4 Å². The summed E-state index contributed by atoms with van der Waals surface area (Å²) in [5.41, 5.74) is 0.427. The van der Waals surface area contributed by atoms with Crippen LogP contribution >= 0.6 is 23.2 Å². The number of hydrogen-bond donors (Lipinski definition) is 0. The third kappa shape index (κ3) is 15.0. The van der Waals surface area contributed by atoms with Crippen LogP contribution in [-0.2, 0) is 50.1 Å². The highest BCUT2D eigenvalue weighted by molar-refractivity contribution is 7.91. The Morgan fingerprint density at radius 2 is 0.805 bits per heavy atom. The third-order valence-electron chi connectivity index (χ3n) is 13.9. The van der Waals surface area contributed by atoms with E-state index in [1.165, 1.54) is 103 Å². The lowest BCUT2D eigenvalue weighted by molar-refractivity contribution is -0.170. The standard InChI is InChI=1S/2C24H30ClF2N7O6S/c2*1-13(19(37-2)20-28-9-15(25)10-29-20)41(35,36)11-17-32-33-21(14-5-7-16(8-6-14)40-24(26)27)34(17)18-22(38-3)30-12-31-23(18)39-4/h2*9-10,12-14,16,19,24H,5-8,11H2,1-4H3/t2*13-,14?,16?,19-/m00/s1. The highest BCUT2D eigenvalue weighted by atomic mass is 35.5. The van der Waals surface area contributed by atoms with Crippen LogP contribution in [0.5, 0.6) is 23.5 Å². The summed E-state index contributed by atoms with van der Waals surface area (Å²) in [5, 5.41) is 15.6. The summed E-state index contributed by atoms with van der Waals surface area (Å²) in [6.45, 7) is -2.74. The summed E-state index contributed by atoms with van der Waals surface area (Å²) in [7, 11) is 0.360. The van der Waals surface area contributed by atoms with Gasteiger partial charge in [0, 0.05) is 50.8 Å². The number of ether oxygens (including phenoxy) is 8. The van der Waals surface area contributed by atoms with Gasteiger partial charge in [-0.25, -0.2) is 36.8 Å². The predicted octanol–water partition coefficient (Wildman–Crippen LogP) is 6.95. The van der Waals surface area contributed by atoms with Gasteiger partial charge in [0.1, 0.15) is 48.0 Å². The Hall–Kier alpha value is -6.16. The molecule has 34 heteroatoms. The minimum Gasteiger partial charge on any atom is -0.479 e. The summed E-state index contributed by atoms with van der Waals surface area (Å²) in [5.74, 6) is -0.0139. The lowest BCUT2D eigenvalue weighted by atomic mass is 9.86. The van der Waals surface area contributed by atoms with Gasteiger partial charge in [-0.2, -0.15) is 37.5 Å². The van der Waals surface area contributed by atoms with Crippen molar-refractivity contribution in [2.24, 2.45) is 0 Å². The van der Waals surface area contributed by atoms with E-state index in [1.54, 1.807) is 0 Å². The first-order valence-corrected chi connectivity index (χ1v) is 29.4. The second-order valence-corrected chi connectivity index (χ2v) is 24.3. The minimum absolute atomic E-state index is 0.0519. The zero-order valence-corrected chi connectivity index (χ0v) is 48.7. The normalized spacial score (nSPS) is 19.2. The Bertz CT molecular complexity index is 3020. The van der Waals surface area contributed by atoms with Gasteiger partial charge < -0.3 is 37.9 Å². The second-order valence-electron chi connectivity index (χ2n) is 18.7. The molecule has 6 aromatic rings. The van der Waals surface area contributed by atoms with Crippen LogP contribution in [0.3, 0.4) is 0 Å². The van der Waals surface area contributed by atoms with Crippen LogP contribution in [0.25, 0.3) is 11.4 Å². The third-order valence-corrected chi connectivity index (χ3v) is 18.3. The fourth-order valence-electron chi connectivity index (χ4n) is 9.70. The molecule has 2 saturated carbocycles. The van der Waals surface area contributed by atoms with Crippen LogP contribution in [-0.4, -0.2) is 165 Å². The maximum absolute atomic E-state index is 13.7. The van der Waals surface area contributed by atoms with E-state index < -0.39 is 79.3 Å². The first kappa shape index (κ1) is 63.4. The summed E-state index contributed by atoms with van der Waals surface area (Å²) in [6.07, 6.45) is 8.00. The summed E-state index contributed by atoms with van der Waals surface area (Å²) >= 11 is 11.8. The fourth-order valence-corrected chi connectivity index (χ4v) is 12.7. The molecule has 448 valence electrons. The molecule has 2 fully saturated rings. The number of sulfone groups is 2. The van der Waals surface area contributed by atoms with Gasteiger partial charge in [-0.3, -0.25) is 9.13 Å². The molecule has 0 unspecified atom stereocenters. The lowest BCUT2D eigenvalue weighted by Gasteiger charge is -2.28. The molecule has 0 saturated heterocycles. The van der Waals surface area contributed by atoms with Gasteiger partial charge in [-0.05, 0) is 65.2 Å². The minimum atomic E-state index is -3.98. The molecule has 4 atom stereocenters. The quantitative estimate of drug-likeness (QED) is 0.0553. The Morgan fingerprint density at radius 3 is 1.07 bits per heavy atom. The van der Waals surface area contributed by atoms with E-state index in [0.29, 0.717) is 73.1 Å². The van der Waals surface area contributed by atoms with Crippen molar-refractivity contribution in [3.63, 3.8) is 0 Å². The molecule has 82 heavy (non-hydrogen) atoms. The molecule has 2 aliphatic carbocycles. The Kier molecular flexibility index (Phi) is 22.0. The molecular weight excluding hydrogens is 1180 g/mol. The highest BCUT2D eigenvalue weighted by Gasteiger charge is 2.40. The number of methoxy groups -OCH3 is 6. The van der Waals surface area contributed by atoms with E-state index in [0.717, 1.165) is 0 Å². The molecule has 8 rings (SSSR count). The number of nitrogens with zero attached hydrogens (tertiary/aromatic N) is 14. The molecule has 0 N–H and O–H groups in total. The van der Waals surface area contributed by atoms with Crippen molar-refractivity contribution in [3.05, 3.63) is 82.4 Å². The van der Waals surface area contributed by atoms with Crippen molar-refractivity contribution in [2.75, 3.05) is 42.7 Å². The molecular formula is C48H60Cl2F4N14O12S2. The van der Waals surface area contributed by atoms with Crippen LogP contribution < -0.4 is 18.9 Å². The van der Waals surface area contributed by atoms with Gasteiger partial charge in [0.2, 0.25) is 23.5 Å². The molecule has 0 amide bonds. The van der Waals surface area contributed by atoms with Crippen LogP contribution in [0.2, 0.25) is 10.0 Å². The van der Waals surface area contributed by atoms with E-state index in [9.17, 15) is 34.4 Å². The zero-order valence-electron chi connectivity index (χ0n) is 45.6. The summed E-state index contributed by atoms with van der Waals surface area (Å²) < 4.78 is 151. The van der Waals surface area contributed by atoms with E-state index in [-0.39, 0.29) is 70.0 Å². The summed E-state index contributed by atoms with van der Waals surface area (Å²) in [6, 6.07) is 0. The fraction of sp³-hybridized carbons (Fsp3) is 0.583. The SMILES string of the molecule is COc1ncnc(OC)c1-n1c(CS(=O)(=O)[C@@H](C)[C@H](OC)c2ncc(Cl)cn2)nnc1C1CCC(OC(F)F)CC1.COc1ncnc(OC)c1-n1c(CS(=O)(=O)[C@@H](C)[C@H](OC)c2ncc(Cl)cn2)nnc1C1CCC(OC(F)F)CC1. The van der Waals surface area contributed by atoms with Crippen molar-refractivity contribution in [3.8, 4) is 34.9 Å². The van der Waals surface area contributed by atoms with Crippen LogP contribution in [0, 0.1) is 0 Å². The molecule has 26 nitrogen and oxygen atoms in total. The van der Waals surface area contributed by atoms with E-state index in [1.807, 2.05) is 0 Å². The van der Waals surface area contributed by atoms with Crippen molar-refractivity contribution >= 4 is 42.9 Å². The monoisotopic (exact) mass is 1230 g/mol. The summed E-state index contributed by atoms with van der Waals surface area (Å²) in [4.78, 5) is 33.1. The number of halogens is 6. The van der Waals surface area contributed by atoms with Gasteiger partial charge in [0.05, 0.1) is 61.2 Å². The Morgan fingerprint density at radius 1 is 0.500 bits per heavy atom. The molecule has 0 aromatic carbocycles. The molecule has 0 aliphatic heterocycles. The maximum Gasteiger partial charge on any atom is 0.345 e. The molecule has 0 bridgehead atoms. The smallest absolute Gasteiger partial charge is 0.345 e. The van der Waals surface area contributed by atoms with E-state index >= 15 is 0 Å². The second kappa shape index (κ2) is 28.4. The van der Waals surface area contributed by atoms with Crippen molar-refractivity contribution in [2.45, 2.75) is 137 Å². The largest absolute Gasteiger partial charge is 0.479 e. The van der Waals surface area contributed by atoms with Crippen molar-refractivity contribution in [1.29, 1.82) is 0 Å². The maximum atomic E-state index is 13.7. The first-order chi connectivity index (χ1) is 39.2. The van der Waals surface area contributed by atoms with Crippen LogP contribution in [0.4, 0.5) is 17.6 Å². The molecule has 6 heterocycles. The van der Waals surface area contributed by atoms with Gasteiger partial charge in [0.25, 0.3) is 0 Å². The van der Waals surface area contributed by atoms with Crippen molar-refractivity contribution < 1.29 is 72.3 Å². The average Bonchev–Trinajstić information content (AvgIpc) is 4.08. The van der Waals surface area contributed by atoms with Gasteiger partial charge in [-0.15, -0.1) is 20.4 Å². The lowest BCUT2D eigenvalue weighted by Crippen LogP contribution is -2.30. The first-order valence-electron chi connectivity index (χ1n) is 25.2. The number of rotatable bonds is 24.